The molecule has 0 radical (unpaired) electrons. The molecule has 0 saturated carbocycles. The van der Waals surface area contributed by atoms with Crippen LogP contribution in [0.15, 0.2) is 24.3 Å². The molecule has 0 unspecified atom stereocenters. The maximum atomic E-state index is 13.2. The topological polar surface area (TPSA) is 67.9 Å². The lowest BCUT2D eigenvalue weighted by Gasteiger charge is -2.13. The fraction of sp³-hybridized carbons (Fsp3) is 0.385. The number of hydrogen-bond donors (Lipinski definition) is 1. The molecule has 1 heterocycles. The molecule has 1 saturated heterocycles. The number of carbonyl (C=O) groups excluding carboxylic acids is 2. The van der Waals surface area contributed by atoms with Crippen LogP contribution in [0.3, 0.4) is 0 Å². The summed E-state index contributed by atoms with van der Waals surface area (Å²) in [6, 6.07) is 6.07. The van der Waals surface area contributed by atoms with Crippen molar-refractivity contribution in [3.8, 4) is 5.75 Å². The van der Waals surface area contributed by atoms with E-state index in [9.17, 15) is 14.0 Å². The minimum absolute atomic E-state index is 0.163. The summed E-state index contributed by atoms with van der Waals surface area (Å²) in [6.07, 6.45) is 0.0438. The first-order chi connectivity index (χ1) is 9.66. The van der Waals surface area contributed by atoms with Crippen LogP contribution >= 0.6 is 0 Å². The number of rotatable bonds is 6. The van der Waals surface area contributed by atoms with Gasteiger partial charge in [0.05, 0.1) is 13.2 Å². The number of ether oxygens (including phenoxy) is 2. The van der Waals surface area contributed by atoms with Crippen molar-refractivity contribution >= 4 is 12.0 Å². The van der Waals surface area contributed by atoms with Crippen molar-refractivity contribution in [2.24, 2.45) is 0 Å². The first kappa shape index (κ1) is 14.1. The van der Waals surface area contributed by atoms with Gasteiger partial charge in [-0.25, -0.2) is 14.2 Å². The van der Waals surface area contributed by atoms with Crippen molar-refractivity contribution in [2.45, 2.75) is 12.8 Å². The molecule has 0 aromatic heterocycles. The number of hydrogen-bond acceptors (Lipinski definition) is 4. The van der Waals surface area contributed by atoms with Crippen LogP contribution in [-0.2, 0) is 9.53 Å². The number of carbonyl (C=O) groups is 2. The third-order valence-electron chi connectivity index (χ3n) is 2.66. The largest absolute Gasteiger partial charge is 0.491 e. The third-order valence-corrected chi connectivity index (χ3v) is 2.66. The molecule has 6 nitrogen and oxygen atoms in total. The van der Waals surface area contributed by atoms with Gasteiger partial charge < -0.3 is 9.47 Å². The Bertz CT molecular complexity index is 495. The van der Waals surface area contributed by atoms with Crippen LogP contribution in [0, 0.1) is 5.82 Å². The molecular weight excluding hydrogens is 267 g/mol. The third kappa shape index (κ3) is 3.84. The van der Waals surface area contributed by atoms with Crippen LogP contribution in [0.1, 0.15) is 12.8 Å². The molecule has 0 atom stereocenters. The van der Waals surface area contributed by atoms with Gasteiger partial charge in [-0.15, -0.1) is 0 Å². The van der Waals surface area contributed by atoms with Crippen molar-refractivity contribution in [3.05, 3.63) is 30.1 Å². The normalized spacial score (nSPS) is 14.1. The van der Waals surface area contributed by atoms with E-state index < -0.39 is 11.9 Å². The molecule has 20 heavy (non-hydrogen) atoms. The molecule has 0 aliphatic carbocycles. The van der Waals surface area contributed by atoms with Gasteiger partial charge in [0.15, 0.2) is 11.6 Å². The smallest absolute Gasteiger partial charge is 0.428 e. The highest BCUT2D eigenvalue weighted by Gasteiger charge is 2.23. The van der Waals surface area contributed by atoms with E-state index >= 15 is 0 Å². The van der Waals surface area contributed by atoms with Crippen LogP contribution in [-0.4, -0.2) is 36.8 Å². The van der Waals surface area contributed by atoms with Crippen LogP contribution in [0.25, 0.3) is 0 Å². The van der Waals surface area contributed by atoms with E-state index in [1.54, 1.807) is 12.1 Å². The van der Waals surface area contributed by atoms with Crippen LogP contribution < -0.4 is 10.2 Å². The number of cyclic esters (lactones) is 1. The molecular formula is C13H15FN2O4. The fourth-order valence-corrected chi connectivity index (χ4v) is 1.68. The average molecular weight is 282 g/mol. The summed E-state index contributed by atoms with van der Waals surface area (Å²) < 4.78 is 23.1. The van der Waals surface area contributed by atoms with E-state index in [-0.39, 0.29) is 31.3 Å². The highest BCUT2D eigenvalue weighted by molar-refractivity contribution is 5.79. The zero-order chi connectivity index (χ0) is 14.4. The quantitative estimate of drug-likeness (QED) is 0.802. The van der Waals surface area contributed by atoms with E-state index in [0.717, 1.165) is 5.01 Å². The van der Waals surface area contributed by atoms with Crippen molar-refractivity contribution < 1.29 is 23.5 Å². The molecule has 7 heteroatoms. The van der Waals surface area contributed by atoms with Gasteiger partial charge in [0, 0.05) is 6.42 Å². The number of nitrogens with zero attached hydrogens (tertiary/aromatic N) is 1. The Morgan fingerprint density at radius 1 is 1.45 bits per heavy atom. The second-order valence-electron chi connectivity index (χ2n) is 4.18. The van der Waals surface area contributed by atoms with Gasteiger partial charge in [-0.05, 0) is 18.6 Å². The van der Waals surface area contributed by atoms with E-state index in [1.165, 1.54) is 12.1 Å². The number of hydrazine groups is 1. The second-order valence-corrected chi connectivity index (χ2v) is 4.18. The van der Waals surface area contributed by atoms with Crippen molar-refractivity contribution in [1.82, 2.24) is 10.4 Å². The van der Waals surface area contributed by atoms with Crippen molar-refractivity contribution in [2.75, 3.05) is 19.8 Å². The Hall–Kier alpha value is -2.31. The summed E-state index contributed by atoms with van der Waals surface area (Å²) in [7, 11) is 0. The number of amides is 2. The lowest BCUT2D eigenvalue weighted by atomic mass is 10.3. The highest BCUT2D eigenvalue weighted by atomic mass is 19.1. The Morgan fingerprint density at radius 3 is 2.95 bits per heavy atom. The van der Waals surface area contributed by atoms with E-state index in [1.807, 2.05) is 0 Å². The zero-order valence-corrected chi connectivity index (χ0v) is 10.8. The van der Waals surface area contributed by atoms with Crippen molar-refractivity contribution in [3.63, 3.8) is 0 Å². The molecule has 1 N–H and O–H groups in total. The van der Waals surface area contributed by atoms with Gasteiger partial charge in [-0.1, -0.05) is 12.1 Å². The van der Waals surface area contributed by atoms with E-state index in [4.69, 9.17) is 4.74 Å². The first-order valence-corrected chi connectivity index (χ1v) is 6.28. The molecule has 1 aliphatic rings. The minimum atomic E-state index is -0.555. The summed E-state index contributed by atoms with van der Waals surface area (Å²) in [5.41, 5.74) is 2.43. The maximum Gasteiger partial charge on any atom is 0.428 e. The molecule has 1 fully saturated rings. The summed E-state index contributed by atoms with van der Waals surface area (Å²) >= 11 is 0. The summed E-state index contributed by atoms with van der Waals surface area (Å²) in [5, 5.41) is 1.13. The molecule has 1 aromatic rings. The summed E-state index contributed by atoms with van der Waals surface area (Å²) in [5.74, 6) is -0.575. The van der Waals surface area contributed by atoms with Crippen molar-refractivity contribution in [1.29, 1.82) is 0 Å². The number of halogens is 1. The molecule has 1 aliphatic heterocycles. The molecule has 108 valence electrons. The monoisotopic (exact) mass is 282 g/mol. The Labute approximate surface area is 115 Å². The lowest BCUT2D eigenvalue weighted by molar-refractivity contribution is -0.124. The predicted molar refractivity (Wildman–Crippen MR) is 67.3 cm³/mol. The van der Waals surface area contributed by atoms with Gasteiger partial charge in [-0.3, -0.25) is 10.2 Å². The van der Waals surface area contributed by atoms with Gasteiger partial charge in [-0.2, -0.15) is 0 Å². The Kier molecular flexibility index (Phi) is 4.75. The number of para-hydroxylation sites is 1. The van der Waals surface area contributed by atoms with Crippen LogP contribution in [0.5, 0.6) is 5.75 Å². The summed E-state index contributed by atoms with van der Waals surface area (Å²) in [6.45, 7) is 0.838. The molecule has 2 amide bonds. The SMILES string of the molecule is O=C(CCCOc1ccccc1F)NN1CCOC1=O. The number of benzene rings is 1. The fourth-order valence-electron chi connectivity index (χ4n) is 1.68. The van der Waals surface area contributed by atoms with Gasteiger partial charge >= 0.3 is 6.09 Å². The maximum absolute atomic E-state index is 13.2. The minimum Gasteiger partial charge on any atom is -0.491 e. The molecule has 1 aromatic carbocycles. The predicted octanol–water partition coefficient (Wildman–Crippen LogP) is 1.47. The lowest BCUT2D eigenvalue weighted by Crippen LogP contribution is -2.42. The summed E-state index contributed by atoms with van der Waals surface area (Å²) in [4.78, 5) is 22.6. The van der Waals surface area contributed by atoms with E-state index in [2.05, 4.69) is 10.2 Å². The van der Waals surface area contributed by atoms with Crippen LogP contribution in [0.4, 0.5) is 9.18 Å². The van der Waals surface area contributed by atoms with Gasteiger partial charge in [0.2, 0.25) is 5.91 Å². The molecule has 0 spiro atoms. The highest BCUT2D eigenvalue weighted by Crippen LogP contribution is 2.15. The molecule has 2 rings (SSSR count). The standard InChI is InChI=1S/C13H15FN2O4/c14-10-4-1-2-5-11(10)19-8-3-6-12(17)15-16-7-9-20-13(16)18/h1-2,4-5H,3,6-9H2,(H,15,17). The second kappa shape index (κ2) is 6.74. The van der Waals surface area contributed by atoms with Crippen LogP contribution in [0.2, 0.25) is 0 Å². The van der Waals surface area contributed by atoms with E-state index in [0.29, 0.717) is 13.0 Å². The number of nitrogens with one attached hydrogen (secondary N) is 1. The van der Waals surface area contributed by atoms with Gasteiger partial charge in [0.1, 0.15) is 6.61 Å². The van der Waals surface area contributed by atoms with Gasteiger partial charge in [0.25, 0.3) is 0 Å². The zero-order valence-electron chi connectivity index (χ0n) is 10.8. The molecule has 0 bridgehead atoms. The Balaban J connectivity index is 1.64. The Morgan fingerprint density at radius 2 is 2.25 bits per heavy atom. The first-order valence-electron chi connectivity index (χ1n) is 6.28. The average Bonchev–Trinajstić information content (AvgIpc) is 2.82.